The Balaban J connectivity index is 2.01. The maximum Gasteiger partial charge on any atom is 0.439 e. The van der Waals surface area contributed by atoms with E-state index in [-0.39, 0.29) is 28.6 Å². The predicted molar refractivity (Wildman–Crippen MR) is 89.9 cm³/mol. The number of benzene rings is 1. The minimum Gasteiger partial charge on any atom is -0.362 e. The summed E-state index contributed by atoms with van der Waals surface area (Å²) in [6.07, 6.45) is -3.00. The molecule has 136 valence electrons. The largest absolute Gasteiger partial charge is 0.439 e. The molecule has 1 aromatic carbocycles. The van der Waals surface area contributed by atoms with E-state index in [0.29, 0.717) is 10.9 Å². The third kappa shape index (κ3) is 2.99. The first-order valence-electron chi connectivity index (χ1n) is 8.15. The number of hydrogen-bond donors (Lipinski definition) is 1. The number of rotatable bonds is 2. The Morgan fingerprint density at radius 3 is 2.60 bits per heavy atom. The molecule has 0 aromatic heterocycles. The Hall–Kier alpha value is -1.41. The van der Waals surface area contributed by atoms with Gasteiger partial charge in [-0.3, -0.25) is 4.79 Å². The van der Waals surface area contributed by atoms with Crippen molar-refractivity contribution in [3.8, 4) is 0 Å². The fraction of sp³-hybridized carbons (Fsp3) is 0.529. The van der Waals surface area contributed by atoms with Crippen LogP contribution in [-0.4, -0.2) is 33.6 Å². The third-order valence-corrected chi connectivity index (χ3v) is 5.62. The summed E-state index contributed by atoms with van der Waals surface area (Å²) in [5.74, 6) is -2.08. The monoisotopic (exact) mass is 418 g/mol. The fourth-order valence-electron chi connectivity index (χ4n) is 3.59. The fourth-order valence-corrected chi connectivity index (χ4v) is 3.85. The van der Waals surface area contributed by atoms with Crippen LogP contribution in [0.4, 0.5) is 13.2 Å². The van der Waals surface area contributed by atoms with Gasteiger partial charge in [0.15, 0.2) is 0 Å². The first-order valence-corrected chi connectivity index (χ1v) is 8.94. The van der Waals surface area contributed by atoms with E-state index in [9.17, 15) is 23.1 Å². The van der Waals surface area contributed by atoms with Gasteiger partial charge in [-0.15, -0.1) is 0 Å². The molecule has 1 aliphatic carbocycles. The molecule has 4 nitrogen and oxygen atoms in total. The Morgan fingerprint density at radius 1 is 1.40 bits per heavy atom. The highest BCUT2D eigenvalue weighted by atomic mass is 79.9. The number of nitrogens with zero attached hydrogens (tertiary/aromatic N) is 2. The molecule has 1 saturated carbocycles. The van der Waals surface area contributed by atoms with E-state index in [1.165, 1.54) is 12.1 Å². The molecule has 0 spiro atoms. The van der Waals surface area contributed by atoms with Gasteiger partial charge < -0.3 is 5.11 Å². The molecule has 0 bridgehead atoms. The number of carbonyl (C=O) groups excluding carboxylic acids is 1. The van der Waals surface area contributed by atoms with Crippen LogP contribution < -0.4 is 0 Å². The predicted octanol–water partition coefficient (Wildman–Crippen LogP) is 4.34. The van der Waals surface area contributed by atoms with E-state index in [1.807, 2.05) is 6.92 Å². The number of carbonyl (C=O) groups is 1. The second kappa shape index (κ2) is 6.39. The quantitative estimate of drug-likeness (QED) is 0.776. The number of fused-ring (bicyclic) bond motifs is 1. The Morgan fingerprint density at radius 2 is 2.04 bits per heavy atom. The molecule has 0 radical (unpaired) electrons. The molecule has 0 saturated heterocycles. The minimum atomic E-state index is -5.00. The summed E-state index contributed by atoms with van der Waals surface area (Å²) in [7, 11) is 0. The van der Waals surface area contributed by atoms with Gasteiger partial charge in [-0.2, -0.15) is 23.3 Å². The van der Waals surface area contributed by atoms with Crippen molar-refractivity contribution in [3.63, 3.8) is 0 Å². The molecule has 2 aliphatic rings. The SMILES string of the molecule is CC[C@@H]1CCC2=NN(C(=O)c3ccc(Br)cc3)[C@](O)(C(F)(F)F)[C@@H]2C1. The zero-order valence-electron chi connectivity index (χ0n) is 13.6. The number of alkyl halides is 3. The van der Waals surface area contributed by atoms with Crippen LogP contribution in [0.1, 0.15) is 43.0 Å². The van der Waals surface area contributed by atoms with Gasteiger partial charge >= 0.3 is 6.18 Å². The Labute approximate surface area is 151 Å². The van der Waals surface area contributed by atoms with Crippen LogP contribution in [0.5, 0.6) is 0 Å². The topological polar surface area (TPSA) is 52.9 Å². The summed E-state index contributed by atoms with van der Waals surface area (Å²) in [5.41, 5.74) is -2.99. The Kier molecular flexibility index (Phi) is 4.70. The summed E-state index contributed by atoms with van der Waals surface area (Å²) >= 11 is 3.21. The van der Waals surface area contributed by atoms with Gasteiger partial charge in [0.2, 0.25) is 0 Å². The van der Waals surface area contributed by atoms with E-state index < -0.39 is 23.7 Å². The molecule has 1 fully saturated rings. The van der Waals surface area contributed by atoms with Gasteiger partial charge in [-0.1, -0.05) is 29.3 Å². The lowest BCUT2D eigenvalue weighted by atomic mass is 9.74. The molecule has 3 atom stereocenters. The zero-order valence-corrected chi connectivity index (χ0v) is 15.1. The lowest BCUT2D eigenvalue weighted by Crippen LogP contribution is -2.61. The smallest absolute Gasteiger partial charge is 0.362 e. The van der Waals surface area contributed by atoms with Crippen LogP contribution in [0, 0.1) is 11.8 Å². The highest BCUT2D eigenvalue weighted by molar-refractivity contribution is 9.10. The summed E-state index contributed by atoms with van der Waals surface area (Å²) in [6.45, 7) is 1.92. The lowest BCUT2D eigenvalue weighted by molar-refractivity contribution is -0.313. The molecule has 25 heavy (non-hydrogen) atoms. The van der Waals surface area contributed by atoms with E-state index in [2.05, 4.69) is 21.0 Å². The molecule has 1 N–H and O–H groups in total. The van der Waals surface area contributed by atoms with Crippen molar-refractivity contribution in [1.29, 1.82) is 0 Å². The average molecular weight is 419 g/mol. The van der Waals surface area contributed by atoms with E-state index >= 15 is 0 Å². The van der Waals surface area contributed by atoms with Crippen molar-refractivity contribution < 1.29 is 23.1 Å². The van der Waals surface area contributed by atoms with Crippen LogP contribution >= 0.6 is 15.9 Å². The van der Waals surface area contributed by atoms with Gasteiger partial charge in [0, 0.05) is 15.7 Å². The molecule has 1 heterocycles. The average Bonchev–Trinajstić information content (AvgIpc) is 2.88. The molecular weight excluding hydrogens is 401 g/mol. The van der Waals surface area contributed by atoms with Crippen molar-refractivity contribution in [3.05, 3.63) is 34.3 Å². The van der Waals surface area contributed by atoms with Crippen LogP contribution in [0.15, 0.2) is 33.8 Å². The maximum atomic E-state index is 13.8. The lowest BCUT2D eigenvalue weighted by Gasteiger charge is -2.39. The summed E-state index contributed by atoms with van der Waals surface area (Å²) in [5, 5.41) is 14.8. The molecule has 1 aliphatic heterocycles. The van der Waals surface area contributed by atoms with Crippen LogP contribution in [0.2, 0.25) is 0 Å². The van der Waals surface area contributed by atoms with Gasteiger partial charge in [0.25, 0.3) is 11.6 Å². The highest BCUT2D eigenvalue weighted by Gasteiger charge is 2.68. The molecule has 0 unspecified atom stereocenters. The minimum absolute atomic E-state index is 0.0425. The number of hydrazone groups is 1. The molecule has 1 amide bonds. The van der Waals surface area contributed by atoms with Crippen molar-refractivity contribution >= 4 is 27.5 Å². The summed E-state index contributed by atoms with van der Waals surface area (Å²) in [4.78, 5) is 12.7. The number of hydrogen-bond acceptors (Lipinski definition) is 3. The maximum absolute atomic E-state index is 13.8. The standard InChI is InChI=1S/C17H18BrF3N2O2/c1-2-10-3-8-14-13(9-10)16(25,17(19,20)21)23(22-14)15(24)11-4-6-12(18)7-5-11/h4-7,10,13,25H,2-3,8-9H2,1H3/t10-,13-,16-/m1/s1. The van der Waals surface area contributed by atoms with Crippen LogP contribution in [0.25, 0.3) is 0 Å². The van der Waals surface area contributed by atoms with Crippen molar-refractivity contribution in [2.24, 2.45) is 16.9 Å². The Bertz CT molecular complexity index is 705. The van der Waals surface area contributed by atoms with Crippen LogP contribution in [-0.2, 0) is 0 Å². The van der Waals surface area contributed by atoms with Gasteiger partial charge in [-0.05, 0) is 49.4 Å². The molecule has 8 heteroatoms. The number of halogens is 4. The first kappa shape index (κ1) is 18.4. The molecular formula is C17H18BrF3N2O2. The number of aliphatic hydroxyl groups is 1. The molecule has 3 rings (SSSR count). The number of amides is 1. The van der Waals surface area contributed by atoms with E-state index in [4.69, 9.17) is 0 Å². The zero-order chi connectivity index (χ0) is 18.4. The molecule has 1 aromatic rings. The van der Waals surface area contributed by atoms with E-state index in [0.717, 1.165) is 12.8 Å². The van der Waals surface area contributed by atoms with Gasteiger partial charge in [0.1, 0.15) is 0 Å². The van der Waals surface area contributed by atoms with Crippen molar-refractivity contribution in [1.82, 2.24) is 5.01 Å². The van der Waals surface area contributed by atoms with E-state index in [1.54, 1.807) is 12.1 Å². The van der Waals surface area contributed by atoms with Crippen LogP contribution in [0.3, 0.4) is 0 Å². The van der Waals surface area contributed by atoms with Crippen molar-refractivity contribution in [2.75, 3.05) is 0 Å². The third-order valence-electron chi connectivity index (χ3n) is 5.10. The summed E-state index contributed by atoms with van der Waals surface area (Å²) < 4.78 is 42.1. The van der Waals surface area contributed by atoms with Crippen molar-refractivity contribution in [2.45, 2.75) is 44.5 Å². The first-order chi connectivity index (χ1) is 11.7. The van der Waals surface area contributed by atoms with Gasteiger partial charge in [-0.25, -0.2) is 0 Å². The van der Waals surface area contributed by atoms with Gasteiger partial charge in [0.05, 0.1) is 5.92 Å². The summed E-state index contributed by atoms with van der Waals surface area (Å²) in [6, 6.07) is 5.92. The normalized spacial score (nSPS) is 29.4. The second-order valence-electron chi connectivity index (χ2n) is 6.54. The highest BCUT2D eigenvalue weighted by Crippen LogP contribution is 2.50. The second-order valence-corrected chi connectivity index (χ2v) is 7.46.